The Kier molecular flexibility index (Phi) is 6.22. The molecule has 1 aliphatic carbocycles. The van der Waals surface area contributed by atoms with E-state index in [0.29, 0.717) is 6.04 Å². The van der Waals surface area contributed by atoms with Crippen LogP contribution in [-0.4, -0.2) is 44.8 Å². The molecule has 0 aromatic carbocycles. The van der Waals surface area contributed by atoms with Gasteiger partial charge in [0.05, 0.1) is 0 Å². The van der Waals surface area contributed by atoms with Gasteiger partial charge in [0.25, 0.3) is 0 Å². The van der Waals surface area contributed by atoms with Gasteiger partial charge >= 0.3 is 0 Å². The molecule has 0 bridgehead atoms. The summed E-state index contributed by atoms with van der Waals surface area (Å²) in [5, 5.41) is 0. The Hall–Kier alpha value is -0.120. The predicted molar refractivity (Wildman–Crippen MR) is 63.9 cm³/mol. The van der Waals surface area contributed by atoms with Gasteiger partial charge in [0.15, 0.2) is 0 Å². The topological polar surface area (TPSA) is 38.5 Å². The van der Waals surface area contributed by atoms with Crippen LogP contribution in [-0.2, 0) is 4.74 Å². The molecule has 1 atom stereocenters. The van der Waals surface area contributed by atoms with Gasteiger partial charge in [0.2, 0.25) is 0 Å². The molecule has 0 aromatic heterocycles. The van der Waals surface area contributed by atoms with E-state index in [1.165, 1.54) is 25.7 Å². The first kappa shape index (κ1) is 12.9. The van der Waals surface area contributed by atoms with Crippen LogP contribution in [0.5, 0.6) is 0 Å². The zero-order valence-corrected chi connectivity index (χ0v) is 10.2. The Morgan fingerprint density at radius 2 is 2.07 bits per heavy atom. The first-order valence-electron chi connectivity index (χ1n) is 6.18. The summed E-state index contributed by atoms with van der Waals surface area (Å²) < 4.78 is 5.07. The molecule has 15 heavy (non-hydrogen) atoms. The maximum absolute atomic E-state index is 5.88. The van der Waals surface area contributed by atoms with Gasteiger partial charge in [-0.05, 0) is 32.2 Å². The summed E-state index contributed by atoms with van der Waals surface area (Å²) in [6.45, 7) is 2.76. The molecule has 1 aliphatic rings. The monoisotopic (exact) mass is 214 g/mol. The van der Waals surface area contributed by atoms with Gasteiger partial charge in [0, 0.05) is 32.8 Å². The average Bonchev–Trinajstić information content (AvgIpc) is 2.73. The third-order valence-corrected chi connectivity index (χ3v) is 3.61. The first-order valence-corrected chi connectivity index (χ1v) is 6.18. The normalized spacial score (nSPS) is 20.0. The molecule has 90 valence electrons. The van der Waals surface area contributed by atoms with Crippen molar-refractivity contribution >= 4 is 0 Å². The Bertz CT molecular complexity index is 158. The standard InChI is InChI=1S/C12H26N2O/c1-14(8-5-9-15-2)12(10-13)11-6-3-4-7-11/h11-12H,3-10,13H2,1-2H3. The molecular weight excluding hydrogens is 188 g/mol. The van der Waals surface area contributed by atoms with Gasteiger partial charge in [-0.3, -0.25) is 0 Å². The lowest BCUT2D eigenvalue weighted by Gasteiger charge is -2.31. The summed E-state index contributed by atoms with van der Waals surface area (Å²) in [5.74, 6) is 0.836. The maximum Gasteiger partial charge on any atom is 0.0474 e. The molecule has 0 aliphatic heterocycles. The molecule has 1 saturated carbocycles. The molecule has 1 unspecified atom stereocenters. The molecule has 1 rings (SSSR count). The van der Waals surface area contributed by atoms with Crippen molar-refractivity contribution in [3.63, 3.8) is 0 Å². The molecule has 0 heterocycles. The van der Waals surface area contributed by atoms with Crippen LogP contribution in [0.1, 0.15) is 32.1 Å². The van der Waals surface area contributed by atoms with Crippen molar-refractivity contribution in [2.24, 2.45) is 11.7 Å². The average molecular weight is 214 g/mol. The molecular formula is C12H26N2O. The zero-order valence-electron chi connectivity index (χ0n) is 10.2. The van der Waals surface area contributed by atoms with E-state index < -0.39 is 0 Å². The number of hydrogen-bond acceptors (Lipinski definition) is 3. The van der Waals surface area contributed by atoms with Gasteiger partial charge in [-0.1, -0.05) is 12.8 Å². The Morgan fingerprint density at radius 3 is 2.60 bits per heavy atom. The van der Waals surface area contributed by atoms with Crippen LogP contribution in [0.4, 0.5) is 0 Å². The van der Waals surface area contributed by atoms with Crippen LogP contribution >= 0.6 is 0 Å². The number of hydrogen-bond donors (Lipinski definition) is 1. The highest BCUT2D eigenvalue weighted by atomic mass is 16.5. The van der Waals surface area contributed by atoms with Crippen molar-refractivity contribution in [3.05, 3.63) is 0 Å². The van der Waals surface area contributed by atoms with Gasteiger partial charge in [-0.25, -0.2) is 0 Å². The summed E-state index contributed by atoms with van der Waals surface area (Å²) in [6, 6.07) is 0.587. The van der Waals surface area contributed by atoms with E-state index >= 15 is 0 Å². The number of nitrogens with zero attached hydrogens (tertiary/aromatic N) is 1. The maximum atomic E-state index is 5.88. The lowest BCUT2D eigenvalue weighted by Crippen LogP contribution is -2.43. The lowest BCUT2D eigenvalue weighted by atomic mass is 9.97. The summed E-state index contributed by atoms with van der Waals surface area (Å²) in [5.41, 5.74) is 5.88. The SMILES string of the molecule is COCCCN(C)C(CN)C1CCCC1. The van der Waals surface area contributed by atoms with Crippen LogP contribution < -0.4 is 5.73 Å². The van der Waals surface area contributed by atoms with Crippen molar-refractivity contribution < 1.29 is 4.74 Å². The summed E-state index contributed by atoms with van der Waals surface area (Å²) >= 11 is 0. The second-order valence-electron chi connectivity index (χ2n) is 4.67. The van der Waals surface area contributed by atoms with Crippen molar-refractivity contribution in [1.29, 1.82) is 0 Å². The first-order chi connectivity index (χ1) is 7.29. The largest absolute Gasteiger partial charge is 0.385 e. The highest BCUT2D eigenvalue weighted by Crippen LogP contribution is 2.29. The fourth-order valence-electron chi connectivity index (χ4n) is 2.70. The Labute approximate surface area is 94.0 Å². The summed E-state index contributed by atoms with van der Waals surface area (Å²) in [7, 11) is 3.96. The molecule has 0 radical (unpaired) electrons. The van der Waals surface area contributed by atoms with Crippen molar-refractivity contribution in [1.82, 2.24) is 4.90 Å². The fraction of sp³-hybridized carbons (Fsp3) is 1.00. The van der Waals surface area contributed by atoms with E-state index in [1.54, 1.807) is 7.11 Å². The third kappa shape index (κ3) is 4.09. The number of likely N-dealkylation sites (N-methyl/N-ethyl adjacent to an activating group) is 1. The number of methoxy groups -OCH3 is 1. The number of ether oxygens (including phenoxy) is 1. The van der Waals surface area contributed by atoms with Crippen LogP contribution in [0, 0.1) is 5.92 Å². The quantitative estimate of drug-likeness (QED) is 0.652. The van der Waals surface area contributed by atoms with E-state index in [0.717, 1.165) is 32.0 Å². The van der Waals surface area contributed by atoms with E-state index in [2.05, 4.69) is 11.9 Å². The Morgan fingerprint density at radius 1 is 1.40 bits per heavy atom. The van der Waals surface area contributed by atoms with E-state index in [4.69, 9.17) is 10.5 Å². The molecule has 0 saturated heterocycles. The van der Waals surface area contributed by atoms with Crippen molar-refractivity contribution in [2.45, 2.75) is 38.1 Å². The minimum atomic E-state index is 0.587. The van der Waals surface area contributed by atoms with E-state index in [1.807, 2.05) is 0 Å². The molecule has 3 heteroatoms. The third-order valence-electron chi connectivity index (χ3n) is 3.61. The number of nitrogens with two attached hydrogens (primary N) is 1. The summed E-state index contributed by atoms with van der Waals surface area (Å²) in [6.07, 6.45) is 6.64. The van der Waals surface area contributed by atoms with Crippen LogP contribution in [0.3, 0.4) is 0 Å². The van der Waals surface area contributed by atoms with Crippen LogP contribution in [0.15, 0.2) is 0 Å². The van der Waals surface area contributed by atoms with Crippen LogP contribution in [0.2, 0.25) is 0 Å². The molecule has 2 N–H and O–H groups in total. The highest BCUT2D eigenvalue weighted by molar-refractivity contribution is 4.82. The van der Waals surface area contributed by atoms with Crippen LogP contribution in [0.25, 0.3) is 0 Å². The highest BCUT2D eigenvalue weighted by Gasteiger charge is 2.26. The van der Waals surface area contributed by atoms with Crippen molar-refractivity contribution in [2.75, 3.05) is 33.9 Å². The molecule has 3 nitrogen and oxygen atoms in total. The molecule has 1 fully saturated rings. The smallest absolute Gasteiger partial charge is 0.0474 e. The molecule has 0 aromatic rings. The van der Waals surface area contributed by atoms with Gasteiger partial charge in [-0.2, -0.15) is 0 Å². The van der Waals surface area contributed by atoms with E-state index in [9.17, 15) is 0 Å². The minimum Gasteiger partial charge on any atom is -0.385 e. The minimum absolute atomic E-state index is 0.587. The number of rotatable bonds is 7. The summed E-state index contributed by atoms with van der Waals surface area (Å²) in [4.78, 5) is 2.43. The van der Waals surface area contributed by atoms with Gasteiger partial charge in [-0.15, -0.1) is 0 Å². The lowest BCUT2D eigenvalue weighted by molar-refractivity contribution is 0.144. The molecule has 0 spiro atoms. The van der Waals surface area contributed by atoms with Gasteiger partial charge in [0.1, 0.15) is 0 Å². The Balaban J connectivity index is 2.28. The fourth-order valence-corrected chi connectivity index (χ4v) is 2.70. The zero-order chi connectivity index (χ0) is 11.1. The molecule has 0 amide bonds. The second kappa shape index (κ2) is 7.20. The van der Waals surface area contributed by atoms with Gasteiger partial charge < -0.3 is 15.4 Å². The van der Waals surface area contributed by atoms with E-state index in [-0.39, 0.29) is 0 Å². The predicted octanol–water partition coefficient (Wildman–Crippen LogP) is 1.47. The van der Waals surface area contributed by atoms with Crippen molar-refractivity contribution in [3.8, 4) is 0 Å². The second-order valence-corrected chi connectivity index (χ2v) is 4.67.